The first kappa shape index (κ1) is 22.0. The summed E-state index contributed by atoms with van der Waals surface area (Å²) < 4.78 is 0. The molecule has 0 aromatic carbocycles. The van der Waals surface area contributed by atoms with E-state index in [4.69, 9.17) is 5.73 Å². The number of hydrogen-bond donors (Lipinski definition) is 1. The van der Waals surface area contributed by atoms with Crippen molar-refractivity contribution in [2.24, 2.45) is 17.6 Å². The summed E-state index contributed by atoms with van der Waals surface area (Å²) >= 11 is 0. The molecule has 0 aliphatic carbocycles. The first-order valence-corrected chi connectivity index (χ1v) is 8.95. The van der Waals surface area contributed by atoms with E-state index in [1.165, 1.54) is 56.9 Å². The maximum atomic E-state index is 5.72. The molecule has 20 heavy (non-hydrogen) atoms. The average Bonchev–Trinajstić information content (AvgIpc) is 2.48. The second-order valence-electron chi connectivity index (χ2n) is 5.95. The number of nitrogens with two attached hydrogens (primary N) is 1. The predicted octanol–water partition coefficient (Wildman–Crippen LogP) is 6.33. The summed E-state index contributed by atoms with van der Waals surface area (Å²) in [7, 11) is 0. The van der Waals surface area contributed by atoms with E-state index in [-0.39, 0.29) is 0 Å². The highest BCUT2D eigenvalue weighted by Gasteiger charge is 2.04. The molecule has 0 radical (unpaired) electrons. The van der Waals surface area contributed by atoms with Crippen LogP contribution < -0.4 is 5.73 Å². The molecule has 2 N–H and O–H groups in total. The van der Waals surface area contributed by atoms with Crippen molar-refractivity contribution in [3.05, 3.63) is 11.6 Å². The molecule has 1 heteroatoms. The fraction of sp³-hybridized carbons (Fsp3) is 0.895. The van der Waals surface area contributed by atoms with Crippen LogP contribution >= 0.6 is 0 Å². The first-order valence-electron chi connectivity index (χ1n) is 8.95. The average molecular weight is 284 g/mol. The minimum Gasteiger partial charge on any atom is -0.330 e. The van der Waals surface area contributed by atoms with Gasteiger partial charge >= 0.3 is 0 Å². The van der Waals surface area contributed by atoms with Crippen LogP contribution in [-0.4, -0.2) is 6.54 Å². The fourth-order valence-electron chi connectivity index (χ4n) is 2.54. The molecule has 0 amide bonds. The summed E-state index contributed by atoms with van der Waals surface area (Å²) in [5.74, 6) is 1.62. The van der Waals surface area contributed by atoms with Crippen molar-refractivity contribution in [3.8, 4) is 0 Å². The molecular formula is C19H41N. The third-order valence-corrected chi connectivity index (χ3v) is 4.13. The summed E-state index contributed by atoms with van der Waals surface area (Å²) in [6.07, 6.45) is 13.1. The molecular weight excluding hydrogens is 242 g/mol. The SMILES string of the molecule is C/C=C(/C)CC(C)CCCCCCC(CC)CN.CC. The van der Waals surface area contributed by atoms with Crippen LogP contribution in [0.1, 0.15) is 92.9 Å². The summed E-state index contributed by atoms with van der Waals surface area (Å²) in [5.41, 5.74) is 7.26. The van der Waals surface area contributed by atoms with E-state index >= 15 is 0 Å². The minimum absolute atomic E-state index is 0.765. The highest BCUT2D eigenvalue weighted by Crippen LogP contribution is 2.19. The van der Waals surface area contributed by atoms with E-state index in [1.54, 1.807) is 0 Å². The molecule has 0 aromatic heterocycles. The Morgan fingerprint density at radius 2 is 1.60 bits per heavy atom. The molecule has 122 valence electrons. The van der Waals surface area contributed by atoms with Gasteiger partial charge in [-0.1, -0.05) is 77.9 Å². The maximum Gasteiger partial charge on any atom is -0.00490 e. The second-order valence-corrected chi connectivity index (χ2v) is 5.95. The molecule has 1 nitrogen and oxygen atoms in total. The molecule has 0 aliphatic heterocycles. The molecule has 0 rings (SSSR count). The molecule has 0 aromatic rings. The van der Waals surface area contributed by atoms with Crippen LogP contribution in [-0.2, 0) is 0 Å². The lowest BCUT2D eigenvalue weighted by atomic mass is 9.94. The van der Waals surface area contributed by atoms with Crippen molar-refractivity contribution in [1.29, 1.82) is 0 Å². The van der Waals surface area contributed by atoms with Gasteiger partial charge in [-0.25, -0.2) is 0 Å². The molecule has 2 unspecified atom stereocenters. The van der Waals surface area contributed by atoms with Gasteiger partial charge in [-0.15, -0.1) is 0 Å². The largest absolute Gasteiger partial charge is 0.330 e. The molecule has 0 bridgehead atoms. The van der Waals surface area contributed by atoms with E-state index in [0.717, 1.165) is 18.4 Å². The fourth-order valence-corrected chi connectivity index (χ4v) is 2.54. The Hall–Kier alpha value is -0.300. The van der Waals surface area contributed by atoms with Gasteiger partial charge in [-0.05, 0) is 45.1 Å². The quantitative estimate of drug-likeness (QED) is 0.348. The Morgan fingerprint density at radius 1 is 1.05 bits per heavy atom. The van der Waals surface area contributed by atoms with E-state index in [9.17, 15) is 0 Å². The van der Waals surface area contributed by atoms with Crippen molar-refractivity contribution in [2.75, 3.05) is 6.54 Å². The van der Waals surface area contributed by atoms with Crippen molar-refractivity contribution >= 4 is 0 Å². The van der Waals surface area contributed by atoms with Gasteiger partial charge in [0.05, 0.1) is 0 Å². The zero-order chi connectivity index (χ0) is 15.8. The molecule has 0 saturated heterocycles. The third kappa shape index (κ3) is 14.1. The van der Waals surface area contributed by atoms with Crippen LogP contribution in [0.15, 0.2) is 11.6 Å². The van der Waals surface area contributed by atoms with Gasteiger partial charge in [0.1, 0.15) is 0 Å². The van der Waals surface area contributed by atoms with Crippen LogP contribution in [0.2, 0.25) is 0 Å². The molecule has 2 atom stereocenters. The number of rotatable bonds is 11. The summed E-state index contributed by atoms with van der Waals surface area (Å²) in [4.78, 5) is 0. The van der Waals surface area contributed by atoms with Crippen LogP contribution in [0, 0.1) is 11.8 Å². The highest BCUT2D eigenvalue weighted by atomic mass is 14.5. The van der Waals surface area contributed by atoms with E-state index in [2.05, 4.69) is 33.8 Å². The smallest absolute Gasteiger partial charge is 0.00490 e. The first-order chi connectivity index (χ1) is 9.63. The van der Waals surface area contributed by atoms with Crippen molar-refractivity contribution < 1.29 is 0 Å². The molecule has 0 spiro atoms. The van der Waals surface area contributed by atoms with Crippen LogP contribution in [0.4, 0.5) is 0 Å². The Balaban J connectivity index is 0. The van der Waals surface area contributed by atoms with Gasteiger partial charge in [-0.2, -0.15) is 0 Å². The maximum absolute atomic E-state index is 5.72. The van der Waals surface area contributed by atoms with Gasteiger partial charge < -0.3 is 5.73 Å². The standard InChI is InChI=1S/C17H35N.C2H6/c1-5-15(3)13-16(4)11-9-7-8-10-12-17(6-2)14-18;1-2/h5,16-17H,6-14,18H2,1-4H3;1-2H3/b15-5-;. The number of allylic oxidation sites excluding steroid dienone is 2. The third-order valence-electron chi connectivity index (χ3n) is 4.13. The Labute approximate surface area is 129 Å². The topological polar surface area (TPSA) is 26.0 Å². The number of hydrogen-bond acceptors (Lipinski definition) is 1. The van der Waals surface area contributed by atoms with E-state index in [1.807, 2.05) is 13.8 Å². The molecule has 0 aliphatic rings. The molecule has 0 saturated carbocycles. The van der Waals surface area contributed by atoms with Gasteiger partial charge in [0.2, 0.25) is 0 Å². The van der Waals surface area contributed by atoms with E-state index < -0.39 is 0 Å². The summed E-state index contributed by atoms with van der Waals surface area (Å²) in [5, 5.41) is 0. The zero-order valence-corrected chi connectivity index (χ0v) is 15.2. The lowest BCUT2D eigenvalue weighted by Crippen LogP contribution is -2.13. The summed E-state index contributed by atoms with van der Waals surface area (Å²) in [6.45, 7) is 13.9. The lowest BCUT2D eigenvalue weighted by Gasteiger charge is -2.13. The van der Waals surface area contributed by atoms with Gasteiger partial charge in [0.25, 0.3) is 0 Å². The normalized spacial score (nSPS) is 14.4. The van der Waals surface area contributed by atoms with Crippen LogP contribution in [0.5, 0.6) is 0 Å². The molecule has 0 fully saturated rings. The summed E-state index contributed by atoms with van der Waals surface area (Å²) in [6, 6.07) is 0. The van der Waals surface area contributed by atoms with Gasteiger partial charge in [0, 0.05) is 0 Å². The zero-order valence-electron chi connectivity index (χ0n) is 15.2. The van der Waals surface area contributed by atoms with Crippen molar-refractivity contribution in [1.82, 2.24) is 0 Å². The van der Waals surface area contributed by atoms with Crippen LogP contribution in [0.3, 0.4) is 0 Å². The highest BCUT2D eigenvalue weighted by molar-refractivity contribution is 4.96. The number of unbranched alkanes of at least 4 members (excludes halogenated alkanes) is 3. The minimum atomic E-state index is 0.765. The second kappa shape index (κ2) is 16.8. The molecule has 0 heterocycles. The van der Waals surface area contributed by atoms with Gasteiger partial charge in [0.15, 0.2) is 0 Å². The van der Waals surface area contributed by atoms with Gasteiger partial charge in [-0.3, -0.25) is 0 Å². The lowest BCUT2D eigenvalue weighted by molar-refractivity contribution is 0.435. The van der Waals surface area contributed by atoms with Crippen LogP contribution in [0.25, 0.3) is 0 Å². The van der Waals surface area contributed by atoms with Crippen molar-refractivity contribution in [2.45, 2.75) is 92.9 Å². The Kier molecular flexibility index (Phi) is 18.4. The van der Waals surface area contributed by atoms with E-state index in [0.29, 0.717) is 0 Å². The van der Waals surface area contributed by atoms with Crippen molar-refractivity contribution in [3.63, 3.8) is 0 Å². The Morgan fingerprint density at radius 3 is 2.05 bits per heavy atom. The predicted molar refractivity (Wildman–Crippen MR) is 95.1 cm³/mol. The monoisotopic (exact) mass is 283 g/mol. The Bertz CT molecular complexity index is 204.